The van der Waals surface area contributed by atoms with Gasteiger partial charge in [-0.2, -0.15) is 18.3 Å². The molecule has 1 aliphatic rings. The van der Waals surface area contributed by atoms with E-state index in [0.717, 1.165) is 6.26 Å². The molecule has 34 heavy (non-hydrogen) atoms. The van der Waals surface area contributed by atoms with Gasteiger partial charge in [-0.15, -0.1) is 4.48 Å². The van der Waals surface area contributed by atoms with Gasteiger partial charge in [-0.05, 0) is 51.5 Å². The SMILES string of the molecule is CC1C[C@@H](OS(C)(=O)=O)C[N+]1(C(=O)NCc1cc(Cl)ccc1-n1cncn1)C(=O)OC(C)(C)C. The van der Waals surface area contributed by atoms with Crippen molar-refractivity contribution in [3.63, 3.8) is 0 Å². The molecule has 3 amide bonds. The third-order valence-corrected chi connectivity index (χ3v) is 6.23. The molecule has 0 aliphatic carbocycles. The fraction of sp³-hybridized carbons (Fsp3) is 0.524. The Morgan fingerprint density at radius 1 is 1.32 bits per heavy atom. The van der Waals surface area contributed by atoms with E-state index in [-0.39, 0.29) is 19.5 Å². The minimum atomic E-state index is -3.78. The van der Waals surface area contributed by atoms with Crippen molar-refractivity contribution in [2.75, 3.05) is 12.8 Å². The van der Waals surface area contributed by atoms with Crippen LogP contribution in [-0.2, 0) is 25.6 Å². The lowest BCUT2D eigenvalue weighted by molar-refractivity contribution is -0.790. The lowest BCUT2D eigenvalue weighted by Crippen LogP contribution is -2.64. The standard InChI is InChI=1S/C21H28ClN5O6S/c1-14-8-17(33-34(5,30)31)11-27(14,20(29)32-21(2,3)4)19(28)24-10-15-9-16(22)6-7-18(15)26-13-23-12-25-26/h6-7,9,12-14,17H,8,10-11H2,1-5H3/p+1/t14?,17-,27?/m1/s1. The number of nitrogens with zero attached hydrogens (tertiary/aromatic N) is 4. The average Bonchev–Trinajstić information content (AvgIpc) is 3.32. The van der Waals surface area contributed by atoms with Gasteiger partial charge >= 0.3 is 12.1 Å². The second-order valence-corrected chi connectivity index (χ2v) is 11.3. The van der Waals surface area contributed by atoms with Crippen molar-refractivity contribution in [3.05, 3.63) is 41.4 Å². The molecule has 2 aromatic rings. The van der Waals surface area contributed by atoms with Gasteiger partial charge in [0.15, 0.2) is 0 Å². The predicted octanol–water partition coefficient (Wildman–Crippen LogP) is 3.02. The van der Waals surface area contributed by atoms with Gasteiger partial charge in [0.05, 0.1) is 18.5 Å². The zero-order valence-electron chi connectivity index (χ0n) is 19.7. The highest BCUT2D eigenvalue weighted by atomic mass is 35.5. The zero-order chi connectivity index (χ0) is 25.3. The number of halogens is 1. The Kier molecular flexibility index (Phi) is 7.37. The van der Waals surface area contributed by atoms with E-state index in [0.29, 0.717) is 16.3 Å². The molecular weight excluding hydrogens is 486 g/mol. The summed E-state index contributed by atoms with van der Waals surface area (Å²) in [6, 6.07) is 3.89. The summed E-state index contributed by atoms with van der Waals surface area (Å²) in [6.45, 7) is 6.63. The fourth-order valence-electron chi connectivity index (χ4n) is 3.98. The number of ether oxygens (including phenoxy) is 1. The summed E-state index contributed by atoms with van der Waals surface area (Å²) in [5.41, 5.74) is 0.439. The fourth-order valence-corrected chi connectivity index (χ4v) is 4.81. The number of carbonyl (C=O) groups excluding carboxylic acids is 2. The van der Waals surface area contributed by atoms with Crippen molar-refractivity contribution < 1.29 is 31.4 Å². The van der Waals surface area contributed by atoms with Crippen molar-refractivity contribution in [3.8, 4) is 5.69 Å². The molecular formula is C21H29ClN5O6S+. The molecule has 3 rings (SSSR count). The Labute approximate surface area is 203 Å². The van der Waals surface area contributed by atoms with E-state index in [1.54, 1.807) is 45.9 Å². The van der Waals surface area contributed by atoms with E-state index in [2.05, 4.69) is 15.4 Å². The Bertz CT molecular complexity index is 1160. The minimum Gasteiger partial charge on any atom is -0.414 e. The average molecular weight is 515 g/mol. The van der Waals surface area contributed by atoms with Crippen LogP contribution in [0.15, 0.2) is 30.9 Å². The van der Waals surface area contributed by atoms with Gasteiger partial charge in [0.25, 0.3) is 10.1 Å². The molecule has 11 nitrogen and oxygen atoms in total. The van der Waals surface area contributed by atoms with Crippen molar-refractivity contribution in [2.45, 2.75) is 58.4 Å². The number of nitrogens with one attached hydrogen (secondary N) is 1. The largest absolute Gasteiger partial charge is 0.526 e. The second-order valence-electron chi connectivity index (χ2n) is 9.31. The van der Waals surface area contributed by atoms with Crippen LogP contribution in [0, 0.1) is 0 Å². The number of quaternary nitrogens is 1. The van der Waals surface area contributed by atoms with Gasteiger partial charge < -0.3 is 10.1 Å². The molecule has 13 heteroatoms. The smallest absolute Gasteiger partial charge is 0.414 e. The van der Waals surface area contributed by atoms with Gasteiger partial charge in [-0.1, -0.05) is 11.6 Å². The van der Waals surface area contributed by atoms with Gasteiger partial charge in [-0.25, -0.2) is 14.5 Å². The second kappa shape index (κ2) is 9.61. The first-order valence-corrected chi connectivity index (χ1v) is 12.8. The molecule has 0 saturated carbocycles. The Hall–Kier alpha value is -2.54. The van der Waals surface area contributed by atoms with E-state index < -0.39 is 44.5 Å². The van der Waals surface area contributed by atoms with Crippen LogP contribution in [0.3, 0.4) is 0 Å². The molecule has 1 fully saturated rings. The summed E-state index contributed by atoms with van der Waals surface area (Å²) in [6.07, 6.45) is 2.39. The van der Waals surface area contributed by atoms with Crippen LogP contribution in [-0.4, -0.2) is 70.3 Å². The summed E-state index contributed by atoms with van der Waals surface area (Å²) < 4.78 is 34.9. The number of aromatic nitrogens is 3. The van der Waals surface area contributed by atoms with Gasteiger partial charge in [0, 0.05) is 11.4 Å². The molecule has 0 spiro atoms. The summed E-state index contributed by atoms with van der Waals surface area (Å²) in [4.78, 5) is 30.8. The van der Waals surface area contributed by atoms with Crippen LogP contribution < -0.4 is 5.32 Å². The number of amides is 3. The first-order valence-electron chi connectivity index (χ1n) is 10.6. The molecule has 1 aromatic carbocycles. The maximum absolute atomic E-state index is 13.6. The molecule has 3 atom stereocenters. The predicted molar refractivity (Wildman–Crippen MR) is 124 cm³/mol. The molecule has 1 saturated heterocycles. The quantitative estimate of drug-likeness (QED) is 0.476. The van der Waals surface area contributed by atoms with E-state index in [1.807, 2.05) is 0 Å². The van der Waals surface area contributed by atoms with E-state index >= 15 is 0 Å². The van der Waals surface area contributed by atoms with E-state index in [4.69, 9.17) is 20.5 Å². The number of benzene rings is 1. The number of hydrogen-bond donors (Lipinski definition) is 1. The molecule has 2 heterocycles. The molecule has 186 valence electrons. The summed E-state index contributed by atoms with van der Waals surface area (Å²) in [5, 5.41) is 7.38. The highest BCUT2D eigenvalue weighted by molar-refractivity contribution is 7.86. The number of urea groups is 1. The van der Waals surface area contributed by atoms with E-state index in [1.165, 1.54) is 17.3 Å². The maximum Gasteiger partial charge on any atom is 0.526 e. The van der Waals surface area contributed by atoms with Crippen LogP contribution in [0.1, 0.15) is 39.7 Å². The molecule has 0 bridgehead atoms. The lowest BCUT2D eigenvalue weighted by Gasteiger charge is -2.33. The number of carbonyl (C=O) groups is 2. The minimum absolute atomic E-state index is 0.0295. The first-order chi connectivity index (χ1) is 15.7. The lowest BCUT2D eigenvalue weighted by atomic mass is 10.1. The molecule has 1 aromatic heterocycles. The Balaban J connectivity index is 1.90. The van der Waals surface area contributed by atoms with E-state index in [9.17, 15) is 18.0 Å². The van der Waals surface area contributed by atoms with Crippen molar-refractivity contribution in [2.24, 2.45) is 0 Å². The van der Waals surface area contributed by atoms with Crippen LogP contribution in [0.25, 0.3) is 5.69 Å². The van der Waals surface area contributed by atoms with Gasteiger partial charge in [-0.3, -0.25) is 4.18 Å². The normalized spacial score (nSPS) is 23.0. The third kappa shape index (κ3) is 5.93. The number of imide groups is 1. The summed E-state index contributed by atoms with van der Waals surface area (Å²) >= 11 is 6.17. The maximum atomic E-state index is 13.6. The molecule has 0 radical (unpaired) electrons. The van der Waals surface area contributed by atoms with Crippen LogP contribution in [0.5, 0.6) is 0 Å². The van der Waals surface area contributed by atoms with Crippen molar-refractivity contribution in [1.29, 1.82) is 0 Å². The molecule has 1 N–H and O–H groups in total. The van der Waals surface area contributed by atoms with Gasteiger partial charge in [0.1, 0.15) is 36.9 Å². The summed E-state index contributed by atoms with van der Waals surface area (Å²) in [7, 11) is -3.78. The van der Waals surface area contributed by atoms with Crippen LogP contribution in [0.4, 0.5) is 9.59 Å². The number of likely N-dealkylation sites (tertiary alicyclic amines) is 1. The molecule has 2 unspecified atom stereocenters. The highest BCUT2D eigenvalue weighted by Gasteiger charge is 2.59. The Morgan fingerprint density at radius 2 is 2.03 bits per heavy atom. The molecule has 1 aliphatic heterocycles. The zero-order valence-corrected chi connectivity index (χ0v) is 21.3. The highest BCUT2D eigenvalue weighted by Crippen LogP contribution is 2.33. The first kappa shape index (κ1) is 26.1. The topological polar surface area (TPSA) is 129 Å². The van der Waals surface area contributed by atoms with Crippen molar-refractivity contribution >= 4 is 33.8 Å². The van der Waals surface area contributed by atoms with Crippen molar-refractivity contribution in [1.82, 2.24) is 20.1 Å². The van der Waals surface area contributed by atoms with Crippen LogP contribution >= 0.6 is 11.6 Å². The number of rotatable bonds is 5. The summed E-state index contributed by atoms with van der Waals surface area (Å²) in [5.74, 6) is 0. The van der Waals surface area contributed by atoms with Gasteiger partial charge in [0.2, 0.25) is 0 Å². The third-order valence-electron chi connectivity index (χ3n) is 5.38. The van der Waals surface area contributed by atoms with Crippen LogP contribution in [0.2, 0.25) is 5.02 Å². The monoisotopic (exact) mass is 514 g/mol. The number of hydrogen-bond acceptors (Lipinski definition) is 8. The Morgan fingerprint density at radius 3 is 2.62 bits per heavy atom.